The molecule has 3 heteroatoms. The van der Waals surface area contributed by atoms with Gasteiger partial charge in [0.15, 0.2) is 0 Å². The van der Waals surface area contributed by atoms with E-state index in [0.717, 1.165) is 25.7 Å². The molecule has 2 aliphatic rings. The molecule has 1 saturated carbocycles. The van der Waals surface area contributed by atoms with Crippen LogP contribution >= 0.6 is 0 Å². The van der Waals surface area contributed by atoms with E-state index in [1.807, 2.05) is 0 Å². The van der Waals surface area contributed by atoms with E-state index in [2.05, 4.69) is 0 Å². The lowest BCUT2D eigenvalue weighted by atomic mass is 9.81. The number of hydrogen-bond donors (Lipinski definition) is 1. The van der Waals surface area contributed by atoms with Gasteiger partial charge in [0.05, 0.1) is 11.8 Å². The summed E-state index contributed by atoms with van der Waals surface area (Å²) in [5.74, 6) is 0.298. The van der Waals surface area contributed by atoms with Gasteiger partial charge in [-0.15, -0.1) is 0 Å². The SMILES string of the molecule is O=C1[NH2+]C(=O)C2CCCCC12. The molecule has 0 spiro atoms. The summed E-state index contributed by atoms with van der Waals surface area (Å²) in [6.45, 7) is 0. The Kier molecular flexibility index (Phi) is 1.53. The van der Waals surface area contributed by atoms with Crippen molar-refractivity contribution in [2.24, 2.45) is 11.8 Å². The number of rotatable bonds is 0. The number of carbonyl (C=O) groups excluding carboxylic acids is 2. The fraction of sp³-hybridized carbons (Fsp3) is 0.750. The number of fused-ring (bicyclic) bond motifs is 1. The highest BCUT2D eigenvalue weighted by atomic mass is 16.2. The summed E-state index contributed by atoms with van der Waals surface area (Å²) in [6.07, 6.45) is 4.11. The van der Waals surface area contributed by atoms with Gasteiger partial charge in [-0.05, 0) is 12.8 Å². The summed E-state index contributed by atoms with van der Waals surface area (Å²) in [4.78, 5) is 22.3. The van der Waals surface area contributed by atoms with Gasteiger partial charge < -0.3 is 0 Å². The second-order valence-electron chi connectivity index (χ2n) is 3.45. The summed E-state index contributed by atoms with van der Waals surface area (Å²) < 4.78 is 0. The second-order valence-corrected chi connectivity index (χ2v) is 3.45. The van der Waals surface area contributed by atoms with Crippen LogP contribution in [-0.2, 0) is 9.59 Å². The van der Waals surface area contributed by atoms with Gasteiger partial charge in [-0.1, -0.05) is 12.8 Å². The molecule has 0 bridgehead atoms. The molecule has 60 valence electrons. The van der Waals surface area contributed by atoms with E-state index < -0.39 is 0 Å². The average Bonchev–Trinajstić information content (AvgIpc) is 2.30. The first-order chi connectivity index (χ1) is 5.29. The molecule has 2 unspecified atom stereocenters. The molecular formula is C8H12NO2+. The first-order valence-electron chi connectivity index (χ1n) is 4.21. The zero-order chi connectivity index (χ0) is 7.84. The number of hydrogen-bond acceptors (Lipinski definition) is 2. The molecule has 2 atom stereocenters. The van der Waals surface area contributed by atoms with Gasteiger partial charge in [0, 0.05) is 0 Å². The van der Waals surface area contributed by atoms with Gasteiger partial charge in [0.1, 0.15) is 0 Å². The van der Waals surface area contributed by atoms with Crippen molar-refractivity contribution < 1.29 is 14.9 Å². The van der Waals surface area contributed by atoms with Gasteiger partial charge in [-0.2, -0.15) is 0 Å². The molecule has 0 aromatic carbocycles. The second kappa shape index (κ2) is 2.41. The van der Waals surface area contributed by atoms with E-state index in [9.17, 15) is 9.59 Å². The molecule has 0 aromatic heterocycles. The van der Waals surface area contributed by atoms with E-state index >= 15 is 0 Å². The third-order valence-corrected chi connectivity index (χ3v) is 2.78. The van der Waals surface area contributed by atoms with Crippen LogP contribution in [0.4, 0.5) is 0 Å². The fourth-order valence-electron chi connectivity index (χ4n) is 2.17. The van der Waals surface area contributed by atoms with Crippen molar-refractivity contribution >= 4 is 11.8 Å². The molecular weight excluding hydrogens is 142 g/mol. The minimum Gasteiger partial charge on any atom is -0.230 e. The van der Waals surface area contributed by atoms with E-state index in [-0.39, 0.29) is 23.7 Å². The predicted molar refractivity (Wildman–Crippen MR) is 37.4 cm³/mol. The molecule has 2 rings (SSSR count). The Morgan fingerprint density at radius 3 is 1.91 bits per heavy atom. The Bertz CT molecular complexity index is 190. The molecule has 1 heterocycles. The van der Waals surface area contributed by atoms with Crippen molar-refractivity contribution in [2.75, 3.05) is 0 Å². The average molecular weight is 154 g/mol. The zero-order valence-corrected chi connectivity index (χ0v) is 6.38. The highest BCUT2D eigenvalue weighted by molar-refractivity contribution is 5.90. The maximum atomic E-state index is 11.1. The normalized spacial score (nSPS) is 37.5. The van der Waals surface area contributed by atoms with Crippen molar-refractivity contribution in [1.82, 2.24) is 0 Å². The third kappa shape index (κ3) is 0.997. The van der Waals surface area contributed by atoms with Gasteiger partial charge >= 0.3 is 11.8 Å². The number of quaternary nitrogens is 1. The van der Waals surface area contributed by atoms with Gasteiger partial charge in [0.2, 0.25) is 0 Å². The van der Waals surface area contributed by atoms with E-state index in [4.69, 9.17) is 0 Å². The van der Waals surface area contributed by atoms with Gasteiger partial charge in [0.25, 0.3) is 0 Å². The van der Waals surface area contributed by atoms with E-state index in [1.54, 1.807) is 0 Å². The summed E-state index contributed by atoms with van der Waals surface area (Å²) in [5, 5.41) is 1.31. The standard InChI is InChI=1S/C8H11NO2/c10-7-5-3-1-2-4-6(5)8(11)9-7/h5-6H,1-4H2,(H,9,10,11)/p+1. The van der Waals surface area contributed by atoms with Crippen LogP contribution in [0.25, 0.3) is 0 Å². The van der Waals surface area contributed by atoms with Crippen LogP contribution < -0.4 is 5.32 Å². The van der Waals surface area contributed by atoms with Crippen LogP contribution in [0.15, 0.2) is 0 Å². The number of carbonyl (C=O) groups is 2. The van der Waals surface area contributed by atoms with E-state index in [0.29, 0.717) is 0 Å². The molecule has 2 fully saturated rings. The van der Waals surface area contributed by atoms with Crippen molar-refractivity contribution in [3.63, 3.8) is 0 Å². The van der Waals surface area contributed by atoms with Crippen LogP contribution in [0.5, 0.6) is 0 Å². The molecule has 0 aromatic rings. The Balaban J connectivity index is 2.19. The van der Waals surface area contributed by atoms with Crippen LogP contribution in [-0.4, -0.2) is 11.8 Å². The first kappa shape index (κ1) is 6.98. The van der Waals surface area contributed by atoms with Crippen LogP contribution in [0.1, 0.15) is 25.7 Å². The Hall–Kier alpha value is -0.700. The Labute approximate surface area is 65.2 Å². The molecule has 11 heavy (non-hydrogen) atoms. The lowest BCUT2D eigenvalue weighted by Crippen LogP contribution is -2.88. The van der Waals surface area contributed by atoms with Crippen LogP contribution in [0.2, 0.25) is 0 Å². The third-order valence-electron chi connectivity index (χ3n) is 2.78. The van der Waals surface area contributed by atoms with Crippen molar-refractivity contribution in [2.45, 2.75) is 25.7 Å². The number of amides is 2. The molecule has 2 amide bonds. The largest absolute Gasteiger partial charge is 0.321 e. The molecule has 1 aliphatic carbocycles. The van der Waals surface area contributed by atoms with Crippen molar-refractivity contribution in [3.05, 3.63) is 0 Å². The topological polar surface area (TPSA) is 50.8 Å². The molecule has 0 radical (unpaired) electrons. The molecule has 3 nitrogen and oxygen atoms in total. The maximum Gasteiger partial charge on any atom is 0.321 e. The zero-order valence-electron chi connectivity index (χ0n) is 6.38. The fourth-order valence-corrected chi connectivity index (χ4v) is 2.17. The molecule has 1 aliphatic heterocycles. The lowest BCUT2D eigenvalue weighted by molar-refractivity contribution is -0.479. The summed E-state index contributed by atoms with van der Waals surface area (Å²) in [5.41, 5.74) is 0. The molecule has 2 N–H and O–H groups in total. The summed E-state index contributed by atoms with van der Waals surface area (Å²) in [6, 6.07) is 0. The number of nitrogens with two attached hydrogens (primary N) is 1. The first-order valence-corrected chi connectivity index (χ1v) is 4.21. The molecule has 1 saturated heterocycles. The summed E-state index contributed by atoms with van der Waals surface area (Å²) in [7, 11) is 0. The van der Waals surface area contributed by atoms with Gasteiger partial charge in [-0.25, -0.2) is 14.9 Å². The quantitative estimate of drug-likeness (QED) is 0.475. The highest BCUT2D eigenvalue weighted by Gasteiger charge is 2.47. The number of imide groups is 1. The Morgan fingerprint density at radius 2 is 1.45 bits per heavy atom. The lowest BCUT2D eigenvalue weighted by Gasteiger charge is -2.17. The maximum absolute atomic E-state index is 11.1. The van der Waals surface area contributed by atoms with Crippen molar-refractivity contribution in [3.8, 4) is 0 Å². The van der Waals surface area contributed by atoms with Crippen LogP contribution in [0.3, 0.4) is 0 Å². The minimum absolute atomic E-state index is 0.0660. The minimum atomic E-state index is 0.0660. The number of primary amides is 2. The predicted octanol–water partition coefficient (Wildman–Crippen LogP) is -0.577. The smallest absolute Gasteiger partial charge is 0.230 e. The van der Waals surface area contributed by atoms with Crippen molar-refractivity contribution in [1.29, 1.82) is 0 Å². The summed E-state index contributed by atoms with van der Waals surface area (Å²) >= 11 is 0. The Morgan fingerprint density at radius 1 is 1.00 bits per heavy atom. The van der Waals surface area contributed by atoms with E-state index in [1.165, 1.54) is 5.32 Å². The van der Waals surface area contributed by atoms with Gasteiger partial charge in [-0.3, -0.25) is 0 Å². The highest BCUT2D eigenvalue weighted by Crippen LogP contribution is 2.31. The van der Waals surface area contributed by atoms with Crippen LogP contribution in [0, 0.1) is 11.8 Å². The monoisotopic (exact) mass is 154 g/mol.